The number of nitrogens with zero attached hydrogens (tertiary/aromatic N) is 4. The summed E-state index contributed by atoms with van der Waals surface area (Å²) in [4.78, 5) is 19.1. The average Bonchev–Trinajstić information content (AvgIpc) is 3.60. The van der Waals surface area contributed by atoms with Crippen LogP contribution in [0, 0.1) is 11.7 Å². The van der Waals surface area contributed by atoms with Crippen LogP contribution in [0.4, 0.5) is 19.1 Å². The molecule has 2 aliphatic rings. The van der Waals surface area contributed by atoms with Gasteiger partial charge in [0, 0.05) is 18.9 Å². The Bertz CT molecular complexity index is 1170. The van der Waals surface area contributed by atoms with Crippen LogP contribution < -0.4 is 5.73 Å². The van der Waals surface area contributed by atoms with Gasteiger partial charge < -0.3 is 15.2 Å². The molecule has 3 aromatic rings. The number of aromatic nitrogens is 4. The largest absolute Gasteiger partial charge is 0.460 e. The first-order valence-corrected chi connectivity index (χ1v) is 11.5. The van der Waals surface area contributed by atoms with Crippen LogP contribution in [0.15, 0.2) is 30.6 Å². The number of esters is 1. The van der Waals surface area contributed by atoms with Crippen LogP contribution in [0.5, 0.6) is 0 Å². The molecule has 0 radical (unpaired) electrons. The molecule has 5 rings (SSSR count). The first-order valence-electron chi connectivity index (χ1n) is 11.5. The number of anilines is 1. The molecule has 1 aliphatic heterocycles. The molecule has 4 heterocycles. The summed E-state index contributed by atoms with van der Waals surface area (Å²) in [5.41, 5.74) is 5.96. The number of carbonyl (C=O) groups is 1. The second-order valence-electron chi connectivity index (χ2n) is 9.11. The van der Waals surface area contributed by atoms with Gasteiger partial charge in [-0.3, -0.25) is 9.78 Å². The number of ether oxygens (including phenoxy) is 2. The minimum Gasteiger partial charge on any atom is -0.460 e. The van der Waals surface area contributed by atoms with E-state index in [0.717, 1.165) is 19.4 Å². The predicted octanol–water partition coefficient (Wildman–Crippen LogP) is 4.17. The van der Waals surface area contributed by atoms with Gasteiger partial charge in [0.1, 0.15) is 11.6 Å². The summed E-state index contributed by atoms with van der Waals surface area (Å²) in [7, 11) is 0. The van der Waals surface area contributed by atoms with E-state index in [0.29, 0.717) is 36.4 Å². The zero-order chi connectivity index (χ0) is 25.2. The van der Waals surface area contributed by atoms with Crippen LogP contribution in [0.1, 0.15) is 45.1 Å². The molecule has 1 saturated heterocycles. The highest BCUT2D eigenvalue weighted by molar-refractivity contribution is 5.71. The van der Waals surface area contributed by atoms with Gasteiger partial charge in [-0.25, -0.2) is 22.7 Å². The molecule has 35 heavy (non-hydrogen) atoms. The van der Waals surface area contributed by atoms with Gasteiger partial charge in [-0.05, 0) is 37.3 Å². The Morgan fingerprint density at radius 2 is 2.03 bits per heavy atom. The van der Waals surface area contributed by atoms with Gasteiger partial charge in [0.25, 0.3) is 0 Å². The molecule has 1 unspecified atom stereocenters. The van der Waals surface area contributed by atoms with E-state index < -0.39 is 17.7 Å². The van der Waals surface area contributed by atoms with Gasteiger partial charge in [-0.2, -0.15) is 0 Å². The number of rotatable bonds is 5. The van der Waals surface area contributed by atoms with E-state index in [1.165, 1.54) is 23.0 Å². The number of pyridine rings is 1. The molecule has 188 valence electrons. The van der Waals surface area contributed by atoms with E-state index in [1.807, 2.05) is 13.8 Å². The SMILES string of the molecule is CC(C)C(=O)OC1CCCOC1.Nc1ncc2c(F)cc(-c3ccc(C4(C(F)F)CC4)cn3)n2n1. The summed E-state index contributed by atoms with van der Waals surface area (Å²) in [5.74, 6) is -0.657. The van der Waals surface area contributed by atoms with E-state index in [9.17, 15) is 18.0 Å². The van der Waals surface area contributed by atoms with Gasteiger partial charge in [0.15, 0.2) is 5.82 Å². The van der Waals surface area contributed by atoms with E-state index in [2.05, 4.69) is 15.1 Å². The van der Waals surface area contributed by atoms with Gasteiger partial charge in [0.2, 0.25) is 12.4 Å². The van der Waals surface area contributed by atoms with Crippen LogP contribution in [0.25, 0.3) is 16.9 Å². The number of hydrogen-bond donors (Lipinski definition) is 1. The van der Waals surface area contributed by atoms with Crippen molar-refractivity contribution in [1.82, 2.24) is 19.6 Å². The van der Waals surface area contributed by atoms with E-state index >= 15 is 0 Å². The molecular formula is C24H28F3N5O3. The van der Waals surface area contributed by atoms with Crippen molar-refractivity contribution in [3.05, 3.63) is 42.0 Å². The summed E-state index contributed by atoms with van der Waals surface area (Å²) in [6, 6.07) is 4.48. The maximum atomic E-state index is 13.9. The monoisotopic (exact) mass is 491 g/mol. The van der Waals surface area contributed by atoms with Crippen molar-refractivity contribution in [3.63, 3.8) is 0 Å². The second-order valence-corrected chi connectivity index (χ2v) is 9.11. The summed E-state index contributed by atoms with van der Waals surface area (Å²) >= 11 is 0. The van der Waals surface area contributed by atoms with Crippen molar-refractivity contribution in [2.75, 3.05) is 18.9 Å². The lowest BCUT2D eigenvalue weighted by Gasteiger charge is -2.22. The van der Waals surface area contributed by atoms with Gasteiger partial charge in [0.05, 0.1) is 35.5 Å². The third-order valence-corrected chi connectivity index (χ3v) is 6.17. The highest BCUT2D eigenvalue weighted by atomic mass is 19.3. The first-order chi connectivity index (χ1) is 16.7. The number of alkyl halides is 2. The number of fused-ring (bicyclic) bond motifs is 1. The lowest BCUT2D eigenvalue weighted by atomic mass is 9.98. The van der Waals surface area contributed by atoms with Crippen molar-refractivity contribution in [2.45, 2.75) is 57.5 Å². The third-order valence-electron chi connectivity index (χ3n) is 6.17. The number of nitrogen functional groups attached to an aromatic ring is 1. The highest BCUT2D eigenvalue weighted by Crippen LogP contribution is 2.52. The molecule has 2 N–H and O–H groups in total. The predicted molar refractivity (Wildman–Crippen MR) is 122 cm³/mol. The Balaban J connectivity index is 0.000000204. The second kappa shape index (κ2) is 10.2. The quantitative estimate of drug-likeness (QED) is 0.534. The molecule has 1 saturated carbocycles. The van der Waals surface area contributed by atoms with Gasteiger partial charge in [-0.15, -0.1) is 5.10 Å². The molecule has 3 aromatic heterocycles. The molecule has 2 fully saturated rings. The fourth-order valence-corrected chi connectivity index (χ4v) is 3.86. The van der Waals surface area contributed by atoms with E-state index in [-0.39, 0.29) is 29.5 Å². The summed E-state index contributed by atoms with van der Waals surface area (Å²) in [6.45, 7) is 5.05. The molecule has 0 aromatic carbocycles. The lowest BCUT2D eigenvalue weighted by molar-refractivity contribution is -0.158. The molecule has 8 nitrogen and oxygen atoms in total. The molecular weight excluding hydrogens is 463 g/mol. The third kappa shape index (κ3) is 5.39. The summed E-state index contributed by atoms with van der Waals surface area (Å²) in [5, 5.41) is 3.97. The molecule has 0 bridgehead atoms. The van der Waals surface area contributed by atoms with Crippen molar-refractivity contribution < 1.29 is 27.4 Å². The smallest absolute Gasteiger partial charge is 0.308 e. The Hall–Kier alpha value is -3.21. The summed E-state index contributed by atoms with van der Waals surface area (Å²) < 4.78 is 51.9. The van der Waals surface area contributed by atoms with Crippen LogP contribution in [0.3, 0.4) is 0 Å². The number of carbonyl (C=O) groups excluding carboxylic acids is 1. The Labute approximate surface area is 200 Å². The van der Waals surface area contributed by atoms with E-state index in [4.69, 9.17) is 15.2 Å². The minimum absolute atomic E-state index is 0.000559. The van der Waals surface area contributed by atoms with Gasteiger partial charge in [-0.1, -0.05) is 19.9 Å². The standard InChI is InChI=1S/C15H12F3N5.C9H16O3/c16-9-5-11(23-12(9)7-21-14(19)22-23)10-2-1-8(6-20-10)15(3-4-15)13(17)18;1-7(2)9(10)12-8-4-3-5-11-6-8/h1-2,5-7,13H,3-4H2,(H2,19,22);7-8H,3-6H2,1-2H3. The van der Waals surface area contributed by atoms with Gasteiger partial charge >= 0.3 is 5.97 Å². The average molecular weight is 492 g/mol. The Morgan fingerprint density at radius 1 is 1.26 bits per heavy atom. The summed E-state index contributed by atoms with van der Waals surface area (Å²) in [6.07, 6.45) is 3.15. The Morgan fingerprint density at radius 3 is 2.60 bits per heavy atom. The topological polar surface area (TPSA) is 105 Å². The highest BCUT2D eigenvalue weighted by Gasteiger charge is 2.52. The molecule has 1 atom stereocenters. The maximum Gasteiger partial charge on any atom is 0.308 e. The fraction of sp³-hybridized carbons (Fsp3) is 0.500. The first kappa shape index (κ1) is 24.9. The molecule has 1 aliphatic carbocycles. The zero-order valence-corrected chi connectivity index (χ0v) is 19.6. The minimum atomic E-state index is -2.41. The van der Waals surface area contributed by atoms with Crippen molar-refractivity contribution in [3.8, 4) is 11.4 Å². The molecule has 0 spiro atoms. The van der Waals surface area contributed by atoms with Crippen molar-refractivity contribution in [1.29, 1.82) is 0 Å². The number of hydrogen-bond acceptors (Lipinski definition) is 7. The normalized spacial score (nSPS) is 18.9. The van der Waals surface area contributed by atoms with Crippen LogP contribution in [-0.2, 0) is 19.7 Å². The lowest BCUT2D eigenvalue weighted by Crippen LogP contribution is -2.29. The van der Waals surface area contributed by atoms with Crippen LogP contribution >= 0.6 is 0 Å². The molecule has 11 heteroatoms. The fourth-order valence-electron chi connectivity index (χ4n) is 3.86. The Kier molecular flexibility index (Phi) is 7.25. The number of halogens is 3. The zero-order valence-electron chi connectivity index (χ0n) is 19.6. The van der Waals surface area contributed by atoms with Crippen LogP contribution in [0.2, 0.25) is 0 Å². The number of nitrogens with two attached hydrogens (primary N) is 1. The van der Waals surface area contributed by atoms with Crippen molar-refractivity contribution >= 4 is 17.4 Å². The maximum absolute atomic E-state index is 13.9. The molecule has 0 amide bonds. The van der Waals surface area contributed by atoms with Crippen molar-refractivity contribution in [2.24, 2.45) is 5.92 Å². The van der Waals surface area contributed by atoms with E-state index in [1.54, 1.807) is 12.1 Å². The van der Waals surface area contributed by atoms with Crippen LogP contribution in [-0.4, -0.2) is 51.3 Å².